The predicted molar refractivity (Wildman–Crippen MR) is 258 cm³/mol. The Morgan fingerprint density at radius 3 is 1.80 bits per heavy atom. The van der Waals surface area contributed by atoms with Gasteiger partial charge in [-0.2, -0.15) is 15.0 Å². The number of carboxylic acid groups (broad SMARTS) is 1. The molecule has 6 heterocycles. The molecule has 0 unspecified atom stereocenters. The van der Waals surface area contributed by atoms with Crippen LogP contribution < -0.4 is 32.0 Å². The maximum absolute atomic E-state index is 13.4. The minimum Gasteiger partial charge on any atom is -0.508 e. The SMILES string of the molecule is NCCCCc1cn(CC(=O)N2CCN(c3nc(Nc4ccc(-c5c6ccc(=O)cc-6oc6cc(O)ccc56)c(C(=O)O)c4)nc(N4CCN(C(=O)Cn5cc(CCCCN)nn5)CC4)n3)CC2)nn1. The van der Waals surface area contributed by atoms with Gasteiger partial charge in [0.1, 0.15) is 30.2 Å². The Labute approximate surface area is 401 Å². The van der Waals surface area contributed by atoms with E-state index in [1.54, 1.807) is 55.8 Å². The van der Waals surface area contributed by atoms with Gasteiger partial charge in [0.25, 0.3) is 0 Å². The minimum atomic E-state index is -1.21. The number of carboxylic acids is 1. The smallest absolute Gasteiger partial charge is 0.336 e. The Kier molecular flexibility index (Phi) is 14.2. The highest BCUT2D eigenvalue weighted by molar-refractivity contribution is 6.08. The van der Waals surface area contributed by atoms with E-state index in [9.17, 15) is 29.4 Å². The number of hydrogen-bond acceptors (Lipinski definition) is 18. The van der Waals surface area contributed by atoms with Crippen molar-refractivity contribution in [2.75, 3.05) is 80.6 Å². The average molecular weight is 955 g/mol. The quantitative estimate of drug-likeness (QED) is 0.0609. The van der Waals surface area contributed by atoms with Crippen molar-refractivity contribution in [3.05, 3.63) is 94.2 Å². The molecule has 23 nitrogen and oxygen atoms in total. The van der Waals surface area contributed by atoms with Crippen molar-refractivity contribution in [2.24, 2.45) is 11.5 Å². The molecule has 0 saturated carbocycles. The van der Waals surface area contributed by atoms with E-state index in [2.05, 4.69) is 25.9 Å². The van der Waals surface area contributed by atoms with Gasteiger partial charge in [0.2, 0.25) is 29.7 Å². The summed E-state index contributed by atoms with van der Waals surface area (Å²) >= 11 is 0. The van der Waals surface area contributed by atoms with Gasteiger partial charge in [-0.15, -0.1) is 10.2 Å². The van der Waals surface area contributed by atoms with Crippen molar-refractivity contribution < 1.29 is 29.0 Å². The van der Waals surface area contributed by atoms with Crippen molar-refractivity contribution in [3.63, 3.8) is 0 Å². The lowest BCUT2D eigenvalue weighted by molar-refractivity contribution is -0.133. The fraction of sp³-hybridized carbons (Fsp3) is 0.383. The zero-order valence-corrected chi connectivity index (χ0v) is 38.5. The standard InChI is InChI=1S/C47H54N16O7/c48-13-3-1-5-31-26-62(56-54-31)28-41(66)58-15-19-60(20-16-58)46-51-45(52-47(53-46)61-21-17-59(18-22-61)42(67)29-63-27-32(55-57-63)6-2-4-14-49)50-30-7-10-35(38(23-30)44(68)69)43-36-11-8-33(64)24-39(36)70-40-25-34(65)9-12-37(40)43/h7-12,23-27,64H,1-6,13-22,28-29,48-49H2,(H,68,69)(H,50,51,52,53). The number of fused-ring (bicyclic) bond motifs is 2. The number of aromatic carboxylic acids is 1. The molecule has 364 valence electrons. The normalized spacial score (nSPS) is 14.2. The van der Waals surface area contributed by atoms with Crippen LogP contribution in [0.1, 0.15) is 47.4 Å². The van der Waals surface area contributed by atoms with Gasteiger partial charge in [0, 0.05) is 99.1 Å². The summed E-state index contributed by atoms with van der Waals surface area (Å²) in [5.74, 6) is -0.361. The summed E-state index contributed by atoms with van der Waals surface area (Å²) in [6.45, 7) is 4.62. The first-order valence-electron chi connectivity index (χ1n) is 23.4. The number of anilines is 4. The van der Waals surface area contributed by atoms with Crippen LogP contribution >= 0.6 is 0 Å². The molecule has 1 aliphatic carbocycles. The molecule has 7 N–H and O–H groups in total. The lowest BCUT2D eigenvalue weighted by Crippen LogP contribution is -2.51. The number of unbranched alkanes of at least 4 members (excludes halogenated alkanes) is 2. The highest BCUT2D eigenvalue weighted by Gasteiger charge is 2.29. The number of carbonyl (C=O) groups excluding carboxylic acids is 2. The van der Waals surface area contributed by atoms with Gasteiger partial charge in [0.05, 0.1) is 17.0 Å². The zero-order valence-electron chi connectivity index (χ0n) is 38.5. The van der Waals surface area contributed by atoms with Crippen LogP contribution in [0.25, 0.3) is 33.4 Å². The number of amides is 2. The van der Waals surface area contributed by atoms with E-state index < -0.39 is 5.97 Å². The first kappa shape index (κ1) is 47.0. The molecule has 2 fully saturated rings. The summed E-state index contributed by atoms with van der Waals surface area (Å²) in [5.41, 5.74) is 14.5. The van der Waals surface area contributed by atoms with E-state index in [4.69, 9.17) is 30.8 Å². The van der Waals surface area contributed by atoms with Crippen LogP contribution in [0.5, 0.6) is 5.75 Å². The van der Waals surface area contributed by atoms with Crippen LogP contribution in [0.15, 0.2) is 76.2 Å². The number of phenolic OH excluding ortho intramolecular Hbond substituents is 1. The van der Waals surface area contributed by atoms with Gasteiger partial charge < -0.3 is 51.0 Å². The van der Waals surface area contributed by atoms with E-state index in [0.29, 0.717) is 105 Å². The van der Waals surface area contributed by atoms with Crippen molar-refractivity contribution in [2.45, 2.75) is 51.6 Å². The fourth-order valence-corrected chi connectivity index (χ4v) is 8.74. The summed E-state index contributed by atoms with van der Waals surface area (Å²) in [5, 5.41) is 41.4. The van der Waals surface area contributed by atoms with Crippen molar-refractivity contribution in [1.29, 1.82) is 0 Å². The molecule has 2 aromatic carbocycles. The Hall–Kier alpha value is -8.05. The number of nitrogens with one attached hydrogen (secondary N) is 1. The lowest BCUT2D eigenvalue weighted by atomic mass is 9.90. The Bertz CT molecular complexity index is 2930. The van der Waals surface area contributed by atoms with Gasteiger partial charge in [-0.05, 0) is 93.6 Å². The maximum Gasteiger partial charge on any atom is 0.336 e. The highest BCUT2D eigenvalue weighted by Crippen LogP contribution is 2.42. The van der Waals surface area contributed by atoms with Crippen molar-refractivity contribution >= 4 is 52.3 Å². The number of aromatic nitrogens is 9. The van der Waals surface area contributed by atoms with Gasteiger partial charge in [-0.25, -0.2) is 14.2 Å². The molecule has 0 radical (unpaired) electrons. The largest absolute Gasteiger partial charge is 0.508 e. The number of aromatic hydroxyl groups is 1. The van der Waals surface area contributed by atoms with Crippen LogP contribution in [0, 0.1) is 0 Å². The first-order valence-corrected chi connectivity index (χ1v) is 23.4. The molecule has 3 aromatic heterocycles. The summed E-state index contributed by atoms with van der Waals surface area (Å²) in [7, 11) is 0. The molecular formula is C47H54N16O7. The maximum atomic E-state index is 13.4. The van der Waals surface area contributed by atoms with E-state index in [1.165, 1.54) is 30.3 Å². The van der Waals surface area contributed by atoms with E-state index in [0.717, 1.165) is 49.9 Å². The average Bonchev–Trinajstić information content (AvgIpc) is 4.02. The van der Waals surface area contributed by atoms with E-state index in [1.807, 2.05) is 9.80 Å². The molecule has 2 amide bonds. The number of piperazine rings is 2. The molecule has 0 spiro atoms. The third-order valence-corrected chi connectivity index (χ3v) is 12.4. The van der Waals surface area contributed by atoms with Crippen molar-refractivity contribution in [3.8, 4) is 28.2 Å². The fourth-order valence-electron chi connectivity index (χ4n) is 8.74. The van der Waals surface area contributed by atoms with Gasteiger partial charge >= 0.3 is 5.97 Å². The number of aryl methyl sites for hydroxylation is 2. The first-order chi connectivity index (χ1) is 34.0. The van der Waals surface area contributed by atoms with E-state index in [-0.39, 0.29) is 58.9 Å². The molecule has 4 aliphatic rings. The molecule has 5 aromatic rings. The minimum absolute atomic E-state index is 0.0574. The number of nitrogens with two attached hydrogens (primary N) is 2. The summed E-state index contributed by atoms with van der Waals surface area (Å²) in [6.07, 6.45) is 8.65. The number of nitrogens with zero attached hydrogens (tertiary/aromatic N) is 13. The van der Waals surface area contributed by atoms with Crippen molar-refractivity contribution in [1.82, 2.24) is 54.7 Å². The molecule has 0 atom stereocenters. The molecular weight excluding hydrogens is 901 g/mol. The molecule has 2 saturated heterocycles. The Morgan fingerprint density at radius 1 is 0.671 bits per heavy atom. The summed E-state index contributed by atoms with van der Waals surface area (Å²) in [6, 6.07) is 13.7. The number of phenols is 1. The summed E-state index contributed by atoms with van der Waals surface area (Å²) in [4.78, 5) is 74.3. The number of rotatable bonds is 18. The second-order valence-corrected chi connectivity index (χ2v) is 17.3. The van der Waals surface area contributed by atoms with Crippen LogP contribution in [-0.4, -0.2) is 148 Å². The zero-order chi connectivity index (χ0) is 48.7. The second-order valence-electron chi connectivity index (χ2n) is 17.3. The van der Waals surface area contributed by atoms with Gasteiger partial charge in [0.15, 0.2) is 5.43 Å². The Morgan fingerprint density at radius 2 is 1.24 bits per heavy atom. The lowest BCUT2D eigenvalue weighted by Gasteiger charge is -2.36. The van der Waals surface area contributed by atoms with Gasteiger partial charge in [-0.1, -0.05) is 16.5 Å². The number of carbonyl (C=O) groups is 3. The van der Waals surface area contributed by atoms with Crippen LogP contribution in [-0.2, 0) is 35.5 Å². The highest BCUT2D eigenvalue weighted by atomic mass is 16.4. The topological polar surface area (TPSA) is 299 Å². The summed E-state index contributed by atoms with van der Waals surface area (Å²) < 4.78 is 9.12. The Balaban J connectivity index is 0.956. The third-order valence-electron chi connectivity index (χ3n) is 12.4. The molecule has 0 bridgehead atoms. The van der Waals surface area contributed by atoms with Crippen LogP contribution in [0.3, 0.4) is 0 Å². The monoisotopic (exact) mass is 954 g/mol. The third kappa shape index (κ3) is 10.8. The van der Waals surface area contributed by atoms with Gasteiger partial charge in [-0.3, -0.25) is 14.4 Å². The number of benzene rings is 3. The molecule has 23 heteroatoms. The van der Waals surface area contributed by atoms with Crippen LogP contribution in [0.4, 0.5) is 23.5 Å². The molecule has 9 rings (SSSR count). The predicted octanol–water partition coefficient (Wildman–Crippen LogP) is 2.34. The molecule has 3 aliphatic heterocycles. The van der Waals surface area contributed by atoms with Crippen LogP contribution in [0.2, 0.25) is 0 Å². The van der Waals surface area contributed by atoms with E-state index >= 15 is 0 Å². The molecule has 70 heavy (non-hydrogen) atoms. The second kappa shape index (κ2) is 21.1. The number of hydrogen-bond donors (Lipinski definition) is 5.